The number of benzene rings is 1. The van der Waals surface area contributed by atoms with Crippen LogP contribution in [0.4, 0.5) is 4.79 Å². The zero-order valence-electron chi connectivity index (χ0n) is 18.4. The molecule has 162 valence electrons. The van der Waals surface area contributed by atoms with Crippen molar-refractivity contribution in [3.8, 4) is 0 Å². The van der Waals surface area contributed by atoms with E-state index in [0.29, 0.717) is 25.2 Å². The van der Waals surface area contributed by atoms with Gasteiger partial charge in [0.2, 0.25) is 0 Å². The third-order valence-electron chi connectivity index (χ3n) is 6.85. The number of nitrogens with zero attached hydrogens (tertiary/aromatic N) is 6. The minimum atomic E-state index is -0.0267. The van der Waals surface area contributed by atoms with E-state index in [1.807, 2.05) is 45.9 Å². The lowest BCUT2D eigenvalue weighted by atomic mass is 9.88. The Morgan fingerprint density at radius 1 is 1.10 bits per heavy atom. The lowest BCUT2D eigenvalue weighted by Gasteiger charge is -2.32. The Labute approximate surface area is 181 Å². The van der Waals surface area contributed by atoms with Crippen molar-refractivity contribution in [2.24, 2.45) is 18.9 Å². The molecule has 1 aromatic carbocycles. The molecule has 0 spiro atoms. The summed E-state index contributed by atoms with van der Waals surface area (Å²) in [5.41, 5.74) is 3.79. The predicted molar refractivity (Wildman–Crippen MR) is 117 cm³/mol. The monoisotopic (exact) mass is 420 g/mol. The maximum absolute atomic E-state index is 13.4. The first-order chi connectivity index (χ1) is 14.9. The van der Waals surface area contributed by atoms with Crippen molar-refractivity contribution in [3.05, 3.63) is 59.5 Å². The zero-order chi connectivity index (χ0) is 21.9. The second kappa shape index (κ2) is 7.14. The summed E-state index contributed by atoms with van der Waals surface area (Å²) in [6, 6.07) is 8.28. The molecule has 0 bridgehead atoms. The van der Waals surface area contributed by atoms with Crippen molar-refractivity contribution in [1.82, 2.24) is 28.9 Å². The number of amides is 3. The van der Waals surface area contributed by atoms with E-state index in [2.05, 4.69) is 24.2 Å². The van der Waals surface area contributed by atoms with E-state index in [9.17, 15) is 9.59 Å². The van der Waals surface area contributed by atoms with E-state index in [4.69, 9.17) is 0 Å². The molecule has 0 radical (unpaired) electrons. The SMILES string of the molecule is Cc1ccccc1[C@H]1[C@@H]2CN(C(=O)c3cnn4ccn(C)c34)C[C@@H]2CN1C(=O)N(C)C. The fourth-order valence-corrected chi connectivity index (χ4v) is 5.35. The molecule has 4 heterocycles. The van der Waals surface area contributed by atoms with Crippen LogP contribution in [0.2, 0.25) is 0 Å². The molecule has 31 heavy (non-hydrogen) atoms. The third-order valence-corrected chi connectivity index (χ3v) is 6.85. The van der Waals surface area contributed by atoms with Crippen LogP contribution in [0.5, 0.6) is 0 Å². The van der Waals surface area contributed by atoms with Gasteiger partial charge >= 0.3 is 6.03 Å². The summed E-state index contributed by atoms with van der Waals surface area (Å²) in [5.74, 6) is 0.491. The van der Waals surface area contributed by atoms with Crippen LogP contribution in [0.3, 0.4) is 0 Å². The number of likely N-dealkylation sites (tertiary alicyclic amines) is 2. The first kappa shape index (κ1) is 19.7. The summed E-state index contributed by atoms with van der Waals surface area (Å²) in [6.45, 7) is 4.06. The third kappa shape index (κ3) is 3.00. The topological polar surface area (TPSA) is 66.1 Å². The smallest absolute Gasteiger partial charge is 0.320 e. The molecule has 2 fully saturated rings. The van der Waals surface area contributed by atoms with Gasteiger partial charge in [0.05, 0.1) is 12.2 Å². The molecule has 0 saturated carbocycles. The molecule has 3 atom stereocenters. The fourth-order valence-electron chi connectivity index (χ4n) is 5.35. The molecule has 0 N–H and O–H groups in total. The molecule has 8 heteroatoms. The Morgan fingerprint density at radius 2 is 1.87 bits per heavy atom. The second-order valence-electron chi connectivity index (χ2n) is 9.00. The summed E-state index contributed by atoms with van der Waals surface area (Å²) in [4.78, 5) is 32.0. The van der Waals surface area contributed by atoms with Gasteiger partial charge in [-0.1, -0.05) is 24.3 Å². The van der Waals surface area contributed by atoms with E-state index in [-0.39, 0.29) is 29.8 Å². The van der Waals surface area contributed by atoms with Crippen LogP contribution in [0, 0.1) is 18.8 Å². The number of carbonyl (C=O) groups is 2. The van der Waals surface area contributed by atoms with Gasteiger partial charge in [0, 0.05) is 65.0 Å². The normalized spacial score (nSPS) is 22.9. The number of aryl methyl sites for hydroxylation is 2. The van der Waals surface area contributed by atoms with Crippen molar-refractivity contribution in [3.63, 3.8) is 0 Å². The minimum Gasteiger partial charge on any atom is -0.338 e. The lowest BCUT2D eigenvalue weighted by Crippen LogP contribution is -2.42. The summed E-state index contributed by atoms with van der Waals surface area (Å²) < 4.78 is 3.66. The van der Waals surface area contributed by atoms with E-state index >= 15 is 0 Å². The summed E-state index contributed by atoms with van der Waals surface area (Å²) in [5, 5.41) is 4.32. The molecule has 8 nitrogen and oxygen atoms in total. The molecule has 2 aliphatic rings. The van der Waals surface area contributed by atoms with E-state index in [1.165, 1.54) is 11.1 Å². The first-order valence-corrected chi connectivity index (χ1v) is 10.7. The van der Waals surface area contributed by atoms with E-state index in [0.717, 1.165) is 5.65 Å². The van der Waals surface area contributed by atoms with Gasteiger partial charge in [-0.25, -0.2) is 9.31 Å². The lowest BCUT2D eigenvalue weighted by molar-refractivity contribution is 0.0768. The van der Waals surface area contributed by atoms with Gasteiger partial charge in [-0.15, -0.1) is 0 Å². The van der Waals surface area contributed by atoms with Gasteiger partial charge in [-0.3, -0.25) is 4.79 Å². The maximum atomic E-state index is 13.4. The van der Waals surface area contributed by atoms with Crippen LogP contribution < -0.4 is 0 Å². The first-order valence-electron chi connectivity index (χ1n) is 10.7. The Hall–Kier alpha value is -3.29. The molecule has 2 aliphatic heterocycles. The molecule has 0 aliphatic carbocycles. The molecular weight excluding hydrogens is 392 g/mol. The highest BCUT2D eigenvalue weighted by Crippen LogP contribution is 2.46. The number of urea groups is 1. The van der Waals surface area contributed by atoms with E-state index in [1.54, 1.807) is 29.7 Å². The summed E-state index contributed by atoms with van der Waals surface area (Å²) >= 11 is 0. The molecule has 3 aromatic rings. The number of fused-ring (bicyclic) bond motifs is 2. The van der Waals surface area contributed by atoms with Gasteiger partial charge < -0.3 is 19.3 Å². The maximum Gasteiger partial charge on any atom is 0.320 e. The standard InChI is InChI=1S/C23H28N6O2/c1-15-7-5-6-8-17(15)20-19-14-27(12-16(19)13-28(20)23(31)25(2)3)22(30)18-11-24-29-10-9-26(4)21(18)29/h5-11,16,19-20H,12-14H2,1-4H3/t16-,19-,20+/m1/s1. The molecule has 3 amide bonds. The summed E-state index contributed by atoms with van der Waals surface area (Å²) in [7, 11) is 5.52. The highest BCUT2D eigenvalue weighted by Gasteiger charge is 2.51. The van der Waals surface area contributed by atoms with Crippen LogP contribution in [-0.4, -0.2) is 74.5 Å². The summed E-state index contributed by atoms with van der Waals surface area (Å²) in [6.07, 6.45) is 5.41. The average molecular weight is 421 g/mol. The average Bonchev–Trinajstić information content (AvgIpc) is 3.49. The van der Waals surface area contributed by atoms with Crippen molar-refractivity contribution in [2.75, 3.05) is 33.7 Å². The number of hydrogen-bond donors (Lipinski definition) is 0. The second-order valence-corrected chi connectivity index (χ2v) is 9.00. The Bertz CT molecular complexity index is 1160. The van der Waals surface area contributed by atoms with Crippen molar-refractivity contribution in [2.45, 2.75) is 13.0 Å². The highest BCUT2D eigenvalue weighted by molar-refractivity contribution is 6.00. The zero-order valence-corrected chi connectivity index (χ0v) is 18.4. The van der Waals surface area contributed by atoms with E-state index < -0.39 is 0 Å². The molecule has 2 aromatic heterocycles. The fraction of sp³-hybridized carbons (Fsp3) is 0.435. The van der Waals surface area contributed by atoms with Gasteiger partial charge in [0.1, 0.15) is 11.2 Å². The number of carbonyl (C=O) groups excluding carboxylic acids is 2. The number of imidazole rings is 1. The Balaban J connectivity index is 1.46. The molecule has 2 saturated heterocycles. The number of hydrogen-bond acceptors (Lipinski definition) is 3. The van der Waals surface area contributed by atoms with Crippen LogP contribution in [-0.2, 0) is 7.05 Å². The van der Waals surface area contributed by atoms with Crippen LogP contribution in [0.15, 0.2) is 42.9 Å². The van der Waals surface area contributed by atoms with Gasteiger partial charge in [-0.2, -0.15) is 5.10 Å². The largest absolute Gasteiger partial charge is 0.338 e. The Morgan fingerprint density at radius 3 is 2.61 bits per heavy atom. The molecular formula is C23H28N6O2. The predicted octanol–water partition coefficient (Wildman–Crippen LogP) is 2.41. The van der Waals surface area contributed by atoms with Gasteiger partial charge in [0.15, 0.2) is 0 Å². The number of aromatic nitrogens is 3. The Kier molecular flexibility index (Phi) is 4.53. The van der Waals surface area contributed by atoms with Crippen molar-refractivity contribution < 1.29 is 9.59 Å². The van der Waals surface area contributed by atoms with Crippen LogP contribution in [0.25, 0.3) is 5.65 Å². The van der Waals surface area contributed by atoms with Crippen LogP contribution >= 0.6 is 0 Å². The molecule has 5 rings (SSSR count). The van der Waals surface area contributed by atoms with Gasteiger partial charge in [0.25, 0.3) is 5.91 Å². The molecule has 0 unspecified atom stereocenters. The van der Waals surface area contributed by atoms with Gasteiger partial charge in [-0.05, 0) is 18.1 Å². The van der Waals surface area contributed by atoms with Crippen molar-refractivity contribution in [1.29, 1.82) is 0 Å². The minimum absolute atomic E-state index is 0.0141. The highest BCUT2D eigenvalue weighted by atomic mass is 16.2. The quantitative estimate of drug-likeness (QED) is 0.640. The van der Waals surface area contributed by atoms with Crippen LogP contribution in [0.1, 0.15) is 27.5 Å². The van der Waals surface area contributed by atoms with Crippen molar-refractivity contribution >= 4 is 17.6 Å². The number of rotatable bonds is 2.